The van der Waals surface area contributed by atoms with E-state index < -0.39 is 15.9 Å². The summed E-state index contributed by atoms with van der Waals surface area (Å²) in [6, 6.07) is 17.3. The molecular weight excluding hydrogens is 432 g/mol. The minimum Gasteiger partial charge on any atom is -0.347 e. The number of amides is 1. The summed E-state index contributed by atoms with van der Waals surface area (Å²) in [5.74, 6) is -0.174. The first kappa shape index (κ1) is 21.1. The summed E-state index contributed by atoms with van der Waals surface area (Å²) in [5.41, 5.74) is 2.32. The third-order valence-corrected chi connectivity index (χ3v) is 5.60. The molecule has 0 saturated heterocycles. The first-order valence-electron chi connectivity index (χ1n) is 9.46. The molecule has 0 aliphatic heterocycles. The van der Waals surface area contributed by atoms with E-state index in [4.69, 9.17) is 0 Å². The third kappa shape index (κ3) is 5.49. The van der Waals surface area contributed by atoms with Crippen molar-refractivity contribution in [2.75, 3.05) is 4.72 Å². The zero-order chi connectivity index (χ0) is 22.4. The fraction of sp³-hybridized carbons (Fsp3) is 0.100. The van der Waals surface area contributed by atoms with Crippen molar-refractivity contribution in [1.82, 2.24) is 35.9 Å². The molecule has 0 fully saturated rings. The van der Waals surface area contributed by atoms with Gasteiger partial charge in [-0.2, -0.15) is 5.21 Å². The summed E-state index contributed by atoms with van der Waals surface area (Å²) in [4.78, 5) is 20.3. The molecule has 0 saturated carbocycles. The standard InChI is InChI=1S/C20H18N8O3S/c29-20(21-11-14-6-8-16(9-7-14)19-24-27-28-25-19)17-10-18(23-13-22-17)26-32(30,31)12-15-4-2-1-3-5-15/h1-10,13H,11-12H2,(H,21,29)(H,22,23,26)(H,24,25,27,28). The maximum Gasteiger partial charge on any atom is 0.270 e. The molecule has 0 unspecified atom stereocenters. The van der Waals surface area contributed by atoms with E-state index >= 15 is 0 Å². The lowest BCUT2D eigenvalue weighted by molar-refractivity contribution is 0.0945. The second-order valence-electron chi connectivity index (χ2n) is 6.75. The Morgan fingerprint density at radius 3 is 2.47 bits per heavy atom. The number of H-pyrrole nitrogens is 1. The molecule has 0 radical (unpaired) electrons. The summed E-state index contributed by atoms with van der Waals surface area (Å²) in [7, 11) is -3.70. The Morgan fingerprint density at radius 2 is 1.75 bits per heavy atom. The van der Waals surface area contributed by atoms with Crippen LogP contribution in [0.2, 0.25) is 0 Å². The van der Waals surface area contributed by atoms with Gasteiger partial charge in [-0.05, 0) is 16.3 Å². The van der Waals surface area contributed by atoms with Gasteiger partial charge in [0.05, 0.1) is 5.75 Å². The Morgan fingerprint density at radius 1 is 0.969 bits per heavy atom. The molecule has 4 aromatic rings. The molecule has 0 aliphatic carbocycles. The summed E-state index contributed by atoms with van der Waals surface area (Å²) in [5, 5.41) is 16.5. The average Bonchev–Trinajstić information content (AvgIpc) is 3.33. The van der Waals surface area contributed by atoms with Gasteiger partial charge in [0.15, 0.2) is 0 Å². The molecule has 12 heteroatoms. The molecule has 162 valence electrons. The number of tetrazole rings is 1. The van der Waals surface area contributed by atoms with Crippen molar-refractivity contribution in [2.45, 2.75) is 12.3 Å². The van der Waals surface area contributed by atoms with Gasteiger partial charge in [0, 0.05) is 18.2 Å². The van der Waals surface area contributed by atoms with Crippen LogP contribution >= 0.6 is 0 Å². The van der Waals surface area contributed by atoms with Gasteiger partial charge in [0.2, 0.25) is 15.8 Å². The van der Waals surface area contributed by atoms with Crippen LogP contribution in [-0.4, -0.2) is 44.9 Å². The second kappa shape index (κ2) is 9.31. The van der Waals surface area contributed by atoms with Gasteiger partial charge >= 0.3 is 0 Å². The second-order valence-corrected chi connectivity index (χ2v) is 8.47. The Hall–Kier alpha value is -4.19. The van der Waals surface area contributed by atoms with Crippen LogP contribution in [0.1, 0.15) is 21.6 Å². The molecule has 0 atom stereocenters. The Labute approximate surface area is 183 Å². The lowest BCUT2D eigenvalue weighted by Gasteiger charge is -2.09. The highest BCUT2D eigenvalue weighted by Gasteiger charge is 2.15. The number of hydrogen-bond donors (Lipinski definition) is 3. The summed E-state index contributed by atoms with van der Waals surface area (Å²) < 4.78 is 27.2. The van der Waals surface area contributed by atoms with Crippen LogP contribution in [0.25, 0.3) is 11.4 Å². The summed E-state index contributed by atoms with van der Waals surface area (Å²) >= 11 is 0. The number of carbonyl (C=O) groups is 1. The molecule has 11 nitrogen and oxygen atoms in total. The van der Waals surface area contributed by atoms with Gasteiger partial charge < -0.3 is 5.32 Å². The molecule has 1 amide bonds. The topological polar surface area (TPSA) is 156 Å². The summed E-state index contributed by atoms with van der Waals surface area (Å²) in [6.45, 7) is 0.254. The number of anilines is 1. The van der Waals surface area contributed by atoms with Gasteiger partial charge in [0.1, 0.15) is 17.8 Å². The molecule has 0 aliphatic rings. The van der Waals surface area contributed by atoms with Gasteiger partial charge in [-0.3, -0.25) is 9.52 Å². The number of aromatic nitrogens is 6. The highest BCUT2D eigenvalue weighted by molar-refractivity contribution is 7.91. The maximum absolute atomic E-state index is 12.5. The minimum atomic E-state index is -3.70. The van der Waals surface area contributed by atoms with Crippen molar-refractivity contribution in [3.8, 4) is 11.4 Å². The predicted molar refractivity (Wildman–Crippen MR) is 116 cm³/mol. The average molecular weight is 450 g/mol. The van der Waals surface area contributed by atoms with E-state index in [0.29, 0.717) is 11.4 Å². The molecule has 2 aromatic heterocycles. The van der Waals surface area contributed by atoms with E-state index in [0.717, 1.165) is 17.5 Å². The van der Waals surface area contributed by atoms with Crippen LogP contribution in [0.5, 0.6) is 0 Å². The highest BCUT2D eigenvalue weighted by atomic mass is 32.2. The Bertz CT molecular complexity index is 1290. The summed E-state index contributed by atoms with van der Waals surface area (Å²) in [6.07, 6.45) is 1.13. The minimum absolute atomic E-state index is 0.0190. The zero-order valence-corrected chi connectivity index (χ0v) is 17.5. The van der Waals surface area contributed by atoms with Crippen LogP contribution in [0.3, 0.4) is 0 Å². The molecule has 2 heterocycles. The van der Waals surface area contributed by atoms with Crippen LogP contribution in [-0.2, 0) is 22.3 Å². The van der Waals surface area contributed by atoms with Crippen molar-refractivity contribution in [3.05, 3.63) is 83.8 Å². The molecule has 0 bridgehead atoms. The first-order chi connectivity index (χ1) is 15.5. The zero-order valence-electron chi connectivity index (χ0n) is 16.6. The van der Waals surface area contributed by atoms with Crippen molar-refractivity contribution >= 4 is 21.7 Å². The Kier molecular flexibility index (Phi) is 6.12. The van der Waals surface area contributed by atoms with Crippen molar-refractivity contribution in [2.24, 2.45) is 0 Å². The first-order valence-corrected chi connectivity index (χ1v) is 11.1. The van der Waals surface area contributed by atoms with Gasteiger partial charge in [0.25, 0.3) is 5.91 Å². The Balaban J connectivity index is 1.37. The van der Waals surface area contributed by atoms with E-state index in [9.17, 15) is 13.2 Å². The van der Waals surface area contributed by atoms with Crippen LogP contribution in [0, 0.1) is 0 Å². The molecule has 3 N–H and O–H groups in total. The number of carbonyl (C=O) groups excluding carboxylic acids is 1. The van der Waals surface area contributed by atoms with Gasteiger partial charge in [-0.25, -0.2) is 18.4 Å². The van der Waals surface area contributed by atoms with Crippen LogP contribution < -0.4 is 10.0 Å². The number of benzene rings is 2. The number of rotatable bonds is 8. The molecule has 2 aromatic carbocycles. The normalized spacial score (nSPS) is 11.1. The molecular formula is C20H18N8O3S. The predicted octanol–water partition coefficient (Wildman–Crippen LogP) is 1.53. The SMILES string of the molecule is O=C(NCc1ccc(-c2nn[nH]n2)cc1)c1cc(NS(=O)(=O)Cc2ccccc2)ncn1. The van der Waals surface area contributed by atoms with E-state index in [-0.39, 0.29) is 23.8 Å². The quantitative estimate of drug-likeness (QED) is 0.365. The fourth-order valence-corrected chi connectivity index (χ4v) is 3.99. The van der Waals surface area contributed by atoms with Crippen LogP contribution in [0.15, 0.2) is 67.0 Å². The number of aromatic amines is 1. The highest BCUT2D eigenvalue weighted by Crippen LogP contribution is 2.14. The van der Waals surface area contributed by atoms with Gasteiger partial charge in [-0.15, -0.1) is 10.2 Å². The van der Waals surface area contributed by atoms with Crippen LogP contribution in [0.4, 0.5) is 5.82 Å². The van der Waals surface area contributed by atoms with E-state index in [2.05, 4.69) is 40.6 Å². The number of nitrogens with zero attached hydrogens (tertiary/aromatic N) is 5. The third-order valence-electron chi connectivity index (χ3n) is 4.37. The van der Waals surface area contributed by atoms with Crippen molar-refractivity contribution in [1.29, 1.82) is 0 Å². The lowest BCUT2D eigenvalue weighted by atomic mass is 10.1. The van der Waals surface area contributed by atoms with E-state index in [1.165, 1.54) is 6.07 Å². The number of sulfonamides is 1. The number of hydrogen-bond acceptors (Lipinski definition) is 8. The monoisotopic (exact) mass is 450 g/mol. The van der Waals surface area contributed by atoms with Gasteiger partial charge in [-0.1, -0.05) is 54.6 Å². The van der Waals surface area contributed by atoms with Crippen molar-refractivity contribution in [3.63, 3.8) is 0 Å². The van der Waals surface area contributed by atoms with E-state index in [1.807, 2.05) is 24.3 Å². The lowest BCUT2D eigenvalue weighted by Crippen LogP contribution is -2.24. The fourth-order valence-electron chi connectivity index (χ4n) is 2.86. The number of nitrogens with one attached hydrogen (secondary N) is 3. The molecule has 0 spiro atoms. The van der Waals surface area contributed by atoms with E-state index in [1.54, 1.807) is 30.3 Å². The smallest absolute Gasteiger partial charge is 0.270 e. The van der Waals surface area contributed by atoms with Crippen molar-refractivity contribution < 1.29 is 13.2 Å². The maximum atomic E-state index is 12.5. The molecule has 4 rings (SSSR count). The largest absolute Gasteiger partial charge is 0.347 e. The molecule has 32 heavy (non-hydrogen) atoms.